The first-order chi connectivity index (χ1) is 20.9. The SMILES string of the molecule is CN(C)[C@H]1C(O)=C(C(N)=O)C(=O)[C@]2(O)C(O)=C3C(=O)c4c(O)ccc(-c5ccc(CNc6ccccc6)cc5)c4C[C@@H]3C[C@@H]12. The molecule has 0 radical (unpaired) electrons. The normalized spacial score (nSPS) is 24.6. The number of hydrogen-bond acceptors (Lipinski definition) is 9. The molecule has 4 atom stereocenters. The van der Waals surface area contributed by atoms with Crippen LogP contribution in [-0.4, -0.2) is 68.5 Å². The maximum Gasteiger partial charge on any atom is 0.255 e. The molecule has 0 saturated carbocycles. The number of phenolic OH excluding ortho intramolecular Hbond substituents is 1. The van der Waals surface area contributed by atoms with Gasteiger partial charge in [-0.05, 0) is 73.3 Å². The van der Waals surface area contributed by atoms with Crippen molar-refractivity contribution in [2.45, 2.75) is 31.0 Å². The highest BCUT2D eigenvalue weighted by Crippen LogP contribution is 2.53. The molecule has 0 saturated heterocycles. The summed E-state index contributed by atoms with van der Waals surface area (Å²) in [4.78, 5) is 41.1. The maximum absolute atomic E-state index is 14.0. The Kier molecular flexibility index (Phi) is 7.06. The lowest BCUT2D eigenvalue weighted by atomic mass is 9.58. The Labute approximate surface area is 253 Å². The second-order valence-corrected chi connectivity index (χ2v) is 11.9. The number of nitrogens with one attached hydrogen (secondary N) is 1. The van der Waals surface area contributed by atoms with Crippen LogP contribution in [0.1, 0.15) is 27.9 Å². The minimum absolute atomic E-state index is 0.0156. The molecule has 6 rings (SSSR count). The van der Waals surface area contributed by atoms with Crippen LogP contribution in [0.15, 0.2) is 89.4 Å². The molecule has 0 aromatic heterocycles. The van der Waals surface area contributed by atoms with Gasteiger partial charge in [-0.1, -0.05) is 48.5 Å². The second kappa shape index (κ2) is 10.7. The number of aliphatic hydroxyl groups excluding tert-OH is 2. The molecule has 1 amide bonds. The van der Waals surface area contributed by atoms with Crippen LogP contribution in [0.3, 0.4) is 0 Å². The molecule has 0 fully saturated rings. The number of nitrogens with zero attached hydrogens (tertiary/aromatic N) is 1. The molecule has 3 aliphatic rings. The topological polar surface area (TPSA) is 173 Å². The third-order valence-corrected chi connectivity index (χ3v) is 9.14. The van der Waals surface area contributed by atoms with Crippen molar-refractivity contribution in [3.8, 4) is 16.9 Å². The fourth-order valence-electron chi connectivity index (χ4n) is 7.08. The van der Waals surface area contributed by atoms with Gasteiger partial charge < -0.3 is 31.5 Å². The zero-order valence-corrected chi connectivity index (χ0v) is 24.2. The third kappa shape index (κ3) is 4.37. The monoisotopic (exact) mass is 595 g/mol. The summed E-state index contributed by atoms with van der Waals surface area (Å²) in [6, 6.07) is 19.8. The van der Waals surface area contributed by atoms with Gasteiger partial charge in [-0.2, -0.15) is 0 Å². The standard InChI is InChI=1S/C34H33N3O7/c1-37(2)28-23-15-19-14-22-21(18-10-8-17(9-11-18)16-36-20-6-4-3-5-7-20)12-13-24(38)26(22)29(39)25(19)31(41)34(23,44)32(42)27(30(28)40)33(35)43/h3-13,19,23,28,36,38,40-41,44H,14-16H2,1-2H3,(H2,35,43)/t19-,23+,28-,34-/m1/s1. The fourth-order valence-corrected chi connectivity index (χ4v) is 7.08. The van der Waals surface area contributed by atoms with Crippen molar-refractivity contribution in [2.75, 3.05) is 19.4 Å². The van der Waals surface area contributed by atoms with Gasteiger partial charge >= 0.3 is 0 Å². The van der Waals surface area contributed by atoms with E-state index in [0.29, 0.717) is 12.1 Å². The number of nitrogens with two attached hydrogens (primary N) is 1. The first kappa shape index (κ1) is 29.2. The summed E-state index contributed by atoms with van der Waals surface area (Å²) in [7, 11) is 3.20. The number of anilines is 1. The van der Waals surface area contributed by atoms with E-state index in [9.17, 15) is 34.8 Å². The van der Waals surface area contributed by atoms with E-state index in [2.05, 4.69) is 5.32 Å². The number of Topliss-reactive ketones (excluding diaryl/α,β-unsaturated/α-hetero) is 2. The molecule has 7 N–H and O–H groups in total. The van der Waals surface area contributed by atoms with Crippen molar-refractivity contribution in [3.05, 3.63) is 106 Å². The van der Waals surface area contributed by atoms with E-state index in [1.165, 1.54) is 11.0 Å². The molecule has 226 valence electrons. The van der Waals surface area contributed by atoms with Crippen LogP contribution < -0.4 is 11.1 Å². The van der Waals surface area contributed by atoms with Crippen LogP contribution in [-0.2, 0) is 22.6 Å². The van der Waals surface area contributed by atoms with E-state index in [-0.39, 0.29) is 29.7 Å². The van der Waals surface area contributed by atoms with Crippen molar-refractivity contribution in [1.29, 1.82) is 0 Å². The molecule has 0 unspecified atom stereocenters. The Morgan fingerprint density at radius 3 is 2.32 bits per heavy atom. The fraction of sp³-hybridized carbons (Fsp3) is 0.265. The number of benzene rings is 3. The molecule has 3 aromatic rings. The summed E-state index contributed by atoms with van der Waals surface area (Å²) >= 11 is 0. The molecule has 3 aliphatic carbocycles. The van der Waals surface area contributed by atoms with E-state index in [1.54, 1.807) is 20.2 Å². The smallest absolute Gasteiger partial charge is 0.255 e. The molecule has 3 aromatic carbocycles. The van der Waals surface area contributed by atoms with Crippen molar-refractivity contribution in [1.82, 2.24) is 4.90 Å². The van der Waals surface area contributed by atoms with Crippen molar-refractivity contribution < 1.29 is 34.8 Å². The Morgan fingerprint density at radius 1 is 1.00 bits per heavy atom. The highest BCUT2D eigenvalue weighted by atomic mass is 16.3. The first-order valence-electron chi connectivity index (χ1n) is 14.3. The predicted molar refractivity (Wildman–Crippen MR) is 163 cm³/mol. The summed E-state index contributed by atoms with van der Waals surface area (Å²) in [5.41, 5.74) is 5.89. The van der Waals surface area contributed by atoms with E-state index in [4.69, 9.17) is 5.73 Å². The van der Waals surface area contributed by atoms with Gasteiger partial charge in [-0.3, -0.25) is 19.3 Å². The molecule has 0 bridgehead atoms. The van der Waals surface area contributed by atoms with E-state index in [1.807, 2.05) is 54.6 Å². The number of amides is 1. The quantitative estimate of drug-likeness (QED) is 0.234. The minimum atomic E-state index is -2.67. The number of para-hydroxylation sites is 1. The lowest BCUT2D eigenvalue weighted by Crippen LogP contribution is -2.63. The van der Waals surface area contributed by atoms with Crippen molar-refractivity contribution in [3.63, 3.8) is 0 Å². The summed E-state index contributed by atoms with van der Waals surface area (Å²) in [6.45, 7) is 0.612. The summed E-state index contributed by atoms with van der Waals surface area (Å²) < 4.78 is 0. The number of likely N-dealkylation sites (N-methyl/N-ethyl adjacent to an activating group) is 1. The van der Waals surface area contributed by atoms with Gasteiger partial charge in [0.25, 0.3) is 5.91 Å². The first-order valence-corrected chi connectivity index (χ1v) is 14.3. The number of rotatable bonds is 6. The van der Waals surface area contributed by atoms with Crippen LogP contribution in [0.2, 0.25) is 0 Å². The number of phenols is 1. The summed E-state index contributed by atoms with van der Waals surface area (Å²) in [5, 5.41) is 48.4. The highest BCUT2D eigenvalue weighted by molar-refractivity contribution is 6.24. The molecular weight excluding hydrogens is 562 g/mol. The number of allylic oxidation sites excluding steroid dienone is 1. The summed E-state index contributed by atoms with van der Waals surface area (Å²) in [6.07, 6.45) is 0.251. The molecular formula is C34H33N3O7. The average Bonchev–Trinajstić information content (AvgIpc) is 2.98. The largest absolute Gasteiger partial charge is 0.510 e. The Balaban J connectivity index is 1.40. The molecule has 0 heterocycles. The third-order valence-electron chi connectivity index (χ3n) is 9.14. The minimum Gasteiger partial charge on any atom is -0.510 e. The second-order valence-electron chi connectivity index (χ2n) is 11.9. The van der Waals surface area contributed by atoms with Gasteiger partial charge in [-0.15, -0.1) is 0 Å². The predicted octanol–water partition coefficient (Wildman–Crippen LogP) is 3.40. The molecule has 10 heteroatoms. The van der Waals surface area contributed by atoms with Gasteiger partial charge in [0.1, 0.15) is 22.8 Å². The van der Waals surface area contributed by atoms with Gasteiger partial charge in [0.2, 0.25) is 5.78 Å². The Morgan fingerprint density at radius 2 is 1.68 bits per heavy atom. The lowest BCUT2D eigenvalue weighted by Gasteiger charge is -2.50. The summed E-state index contributed by atoms with van der Waals surface area (Å²) in [5.74, 6) is -6.71. The Bertz CT molecular complexity index is 1760. The number of aliphatic hydroxyl groups is 3. The van der Waals surface area contributed by atoms with E-state index >= 15 is 0 Å². The highest BCUT2D eigenvalue weighted by Gasteiger charge is 2.63. The number of carbonyl (C=O) groups is 3. The van der Waals surface area contributed by atoms with Crippen LogP contribution in [0.4, 0.5) is 5.69 Å². The number of hydrogen-bond donors (Lipinski definition) is 6. The van der Waals surface area contributed by atoms with Crippen LogP contribution in [0.25, 0.3) is 11.1 Å². The number of aromatic hydroxyl groups is 1. The van der Waals surface area contributed by atoms with Crippen LogP contribution in [0.5, 0.6) is 5.75 Å². The zero-order valence-electron chi connectivity index (χ0n) is 24.2. The van der Waals surface area contributed by atoms with Gasteiger partial charge in [-0.25, -0.2) is 0 Å². The average molecular weight is 596 g/mol. The molecule has 10 nitrogen and oxygen atoms in total. The zero-order chi connectivity index (χ0) is 31.5. The number of fused-ring (bicyclic) bond motifs is 3. The van der Waals surface area contributed by atoms with Crippen LogP contribution in [0, 0.1) is 11.8 Å². The number of ketones is 2. The maximum atomic E-state index is 14.0. The molecule has 0 spiro atoms. The van der Waals surface area contributed by atoms with Crippen LogP contribution >= 0.6 is 0 Å². The van der Waals surface area contributed by atoms with Gasteiger partial charge in [0, 0.05) is 23.7 Å². The van der Waals surface area contributed by atoms with Gasteiger partial charge in [0.15, 0.2) is 11.4 Å². The Hall–Kier alpha value is -4.93. The molecule has 44 heavy (non-hydrogen) atoms. The van der Waals surface area contributed by atoms with E-state index < -0.39 is 58.0 Å². The van der Waals surface area contributed by atoms with Crippen molar-refractivity contribution >= 4 is 23.2 Å². The molecule has 0 aliphatic heterocycles. The van der Waals surface area contributed by atoms with Gasteiger partial charge in [0.05, 0.1) is 11.6 Å². The van der Waals surface area contributed by atoms with E-state index in [0.717, 1.165) is 22.4 Å². The number of primary amides is 1. The van der Waals surface area contributed by atoms with Crippen molar-refractivity contribution in [2.24, 2.45) is 17.6 Å². The number of carbonyl (C=O) groups excluding carboxylic acids is 3. The lowest BCUT2D eigenvalue weighted by molar-refractivity contribution is -0.148.